The summed E-state index contributed by atoms with van der Waals surface area (Å²) in [7, 11) is -2.32. The number of carboxylic acids is 1. The van der Waals surface area contributed by atoms with Gasteiger partial charge >= 0.3 is 5.97 Å². The maximum atomic E-state index is 15.1. The van der Waals surface area contributed by atoms with E-state index in [1.165, 1.54) is 6.07 Å². The molecule has 1 unspecified atom stereocenters. The molecule has 2 heterocycles. The molecule has 2 fully saturated rings. The van der Waals surface area contributed by atoms with Crippen LogP contribution in [0, 0.1) is 11.7 Å². The van der Waals surface area contributed by atoms with Gasteiger partial charge in [-0.3, -0.25) is 19.3 Å². The number of rotatable bonds is 11. The molecule has 2 aromatic carbocycles. The van der Waals surface area contributed by atoms with E-state index >= 15 is 4.39 Å². The number of carboxylic acid groups (broad SMARTS) is 1. The average Bonchev–Trinajstić information content (AvgIpc) is 3.62. The Morgan fingerprint density at radius 1 is 1.11 bits per heavy atom. The number of aliphatic carboxylic acids is 1. The normalized spacial score (nSPS) is 20.1. The molecule has 5 rings (SSSR count). The fraction of sp³-hybridized carbons (Fsp3) is 0.452. The second-order valence-corrected chi connectivity index (χ2v) is 14.0. The number of ether oxygens (including phenoxy) is 1. The van der Waals surface area contributed by atoms with E-state index in [2.05, 4.69) is 5.32 Å². The van der Waals surface area contributed by atoms with Crippen molar-refractivity contribution in [3.63, 3.8) is 0 Å². The molecule has 44 heavy (non-hydrogen) atoms. The second kappa shape index (κ2) is 13.4. The lowest BCUT2D eigenvalue weighted by atomic mass is 9.87. The molecule has 1 amide bonds. The molecule has 1 aliphatic carbocycles. The van der Waals surface area contributed by atoms with Crippen LogP contribution in [0.25, 0.3) is 10.9 Å². The molecular formula is C31H35ClFN3O7S. The Morgan fingerprint density at radius 2 is 1.80 bits per heavy atom. The number of carbonyl (C=O) groups is 3. The largest absolute Gasteiger partial charge is 0.481 e. The van der Waals surface area contributed by atoms with Crippen molar-refractivity contribution in [2.24, 2.45) is 13.0 Å². The van der Waals surface area contributed by atoms with Crippen LogP contribution in [0.3, 0.4) is 0 Å². The number of sulfone groups is 1. The topological polar surface area (TPSA) is 135 Å². The predicted octanol–water partition coefficient (Wildman–Crippen LogP) is 4.79. The van der Waals surface area contributed by atoms with Gasteiger partial charge in [0.15, 0.2) is 15.6 Å². The summed E-state index contributed by atoms with van der Waals surface area (Å²) in [6.07, 6.45) is 3.92. The van der Waals surface area contributed by atoms with Crippen LogP contribution in [-0.2, 0) is 37.6 Å². The number of hydrogen-bond donors (Lipinski definition) is 2. The summed E-state index contributed by atoms with van der Waals surface area (Å²) in [5.74, 6) is -4.22. The van der Waals surface area contributed by atoms with Gasteiger partial charge in [0.05, 0.1) is 28.3 Å². The molecule has 2 N–H and O–H groups in total. The predicted molar refractivity (Wildman–Crippen MR) is 164 cm³/mol. The first-order chi connectivity index (χ1) is 20.9. The number of aryl methyl sites for hydroxylation is 1. The van der Waals surface area contributed by atoms with E-state index < -0.39 is 63.1 Å². The van der Waals surface area contributed by atoms with Crippen molar-refractivity contribution in [3.05, 3.63) is 64.6 Å². The smallest absolute Gasteiger partial charge is 0.306 e. The van der Waals surface area contributed by atoms with Gasteiger partial charge in [-0.15, -0.1) is 0 Å². The van der Waals surface area contributed by atoms with Crippen LogP contribution in [0.4, 0.5) is 10.1 Å². The Morgan fingerprint density at radius 3 is 2.48 bits per heavy atom. The van der Waals surface area contributed by atoms with Gasteiger partial charge in [0.2, 0.25) is 5.56 Å². The van der Waals surface area contributed by atoms with Gasteiger partial charge in [-0.25, -0.2) is 12.8 Å². The van der Waals surface area contributed by atoms with Crippen molar-refractivity contribution in [2.75, 3.05) is 24.2 Å². The van der Waals surface area contributed by atoms with Crippen LogP contribution in [0.1, 0.15) is 54.4 Å². The van der Waals surface area contributed by atoms with E-state index in [0.717, 1.165) is 29.8 Å². The Labute approximate surface area is 260 Å². The molecule has 10 nitrogen and oxygen atoms in total. The Kier molecular flexibility index (Phi) is 9.74. The average molecular weight is 648 g/mol. The van der Waals surface area contributed by atoms with Crippen molar-refractivity contribution in [3.8, 4) is 0 Å². The summed E-state index contributed by atoms with van der Waals surface area (Å²) in [5, 5.41) is 12.6. The lowest BCUT2D eigenvalue weighted by Gasteiger charge is -2.33. The molecule has 0 radical (unpaired) electrons. The van der Waals surface area contributed by atoms with Crippen molar-refractivity contribution < 1.29 is 37.0 Å². The number of anilines is 1. The fourth-order valence-corrected chi connectivity index (χ4v) is 7.97. The summed E-state index contributed by atoms with van der Waals surface area (Å²) >= 11 is 6.37. The van der Waals surface area contributed by atoms with E-state index in [1.54, 1.807) is 21.7 Å². The van der Waals surface area contributed by atoms with Gasteiger partial charge < -0.3 is 19.7 Å². The minimum Gasteiger partial charge on any atom is -0.481 e. The van der Waals surface area contributed by atoms with Crippen LogP contribution in [-0.4, -0.2) is 71.2 Å². The Hall–Kier alpha value is -3.32. The van der Waals surface area contributed by atoms with Crippen molar-refractivity contribution >= 4 is 55.7 Å². The van der Waals surface area contributed by atoms with Gasteiger partial charge in [0.1, 0.15) is 11.6 Å². The number of ketones is 1. The number of hydrogen-bond acceptors (Lipinski definition) is 7. The molecule has 0 bridgehead atoms. The molecule has 2 aliphatic rings. The quantitative estimate of drug-likeness (QED) is 0.303. The highest BCUT2D eigenvalue weighted by Crippen LogP contribution is 2.31. The monoisotopic (exact) mass is 647 g/mol. The molecule has 1 aromatic heterocycles. The number of benzene rings is 2. The lowest BCUT2D eigenvalue weighted by molar-refractivity contribution is -0.144. The zero-order valence-electron chi connectivity index (χ0n) is 24.3. The number of fused-ring (bicyclic) bond motifs is 1. The minimum atomic E-state index is -4.12. The first-order valence-electron chi connectivity index (χ1n) is 14.6. The van der Waals surface area contributed by atoms with Crippen LogP contribution in [0.15, 0.2) is 42.6 Å². The molecule has 1 saturated heterocycles. The number of amides is 1. The zero-order chi connectivity index (χ0) is 31.6. The van der Waals surface area contributed by atoms with Gasteiger partial charge in [-0.1, -0.05) is 29.8 Å². The highest BCUT2D eigenvalue weighted by atomic mass is 35.5. The van der Waals surface area contributed by atoms with E-state index in [4.69, 9.17) is 16.3 Å². The van der Waals surface area contributed by atoms with E-state index in [0.29, 0.717) is 44.3 Å². The first kappa shape index (κ1) is 32.1. The van der Waals surface area contributed by atoms with Gasteiger partial charge in [-0.05, 0) is 62.3 Å². The van der Waals surface area contributed by atoms with Crippen LogP contribution < -0.4 is 5.32 Å². The number of halogens is 2. The van der Waals surface area contributed by atoms with Crippen molar-refractivity contribution in [2.45, 2.75) is 56.6 Å². The Balaban J connectivity index is 1.25. The SMILES string of the molecule is Cn1cc(C(=O)Nc2cc(F)c(CC(=O)CS(=O)(=O)C(OC3CCC(C(=O)O)CC3)N3CCCC3)cc2Cl)c2ccccc21. The number of nitrogens with one attached hydrogen (secondary N) is 1. The number of para-hydroxylation sites is 1. The molecular weight excluding hydrogens is 613 g/mol. The summed E-state index contributed by atoms with van der Waals surface area (Å²) < 4.78 is 49.9. The number of aromatic nitrogens is 1. The van der Waals surface area contributed by atoms with Gasteiger partial charge in [0, 0.05) is 43.7 Å². The molecule has 1 saturated carbocycles. The third-order valence-corrected chi connectivity index (χ3v) is 10.4. The number of Topliss-reactive ketones (excluding diaryl/α,β-unsaturated/α-hetero) is 1. The number of nitrogens with zero attached hydrogens (tertiary/aromatic N) is 2. The summed E-state index contributed by atoms with van der Waals surface area (Å²) in [4.78, 5) is 39.0. The van der Waals surface area contributed by atoms with Crippen molar-refractivity contribution in [1.29, 1.82) is 0 Å². The summed E-state index contributed by atoms with van der Waals surface area (Å²) in [6.45, 7) is 0.998. The number of carbonyl (C=O) groups excluding carboxylic acids is 2. The van der Waals surface area contributed by atoms with E-state index in [-0.39, 0.29) is 16.3 Å². The number of likely N-dealkylation sites (tertiary alicyclic amines) is 1. The second-order valence-electron chi connectivity index (χ2n) is 11.6. The molecule has 0 spiro atoms. The molecule has 3 aromatic rings. The van der Waals surface area contributed by atoms with Gasteiger partial charge in [0.25, 0.3) is 5.91 Å². The first-order valence-corrected chi connectivity index (χ1v) is 16.7. The van der Waals surface area contributed by atoms with Crippen LogP contribution >= 0.6 is 11.6 Å². The Bertz CT molecular complexity index is 1680. The highest BCUT2D eigenvalue weighted by molar-refractivity contribution is 7.92. The van der Waals surface area contributed by atoms with E-state index in [9.17, 15) is 27.9 Å². The zero-order valence-corrected chi connectivity index (χ0v) is 25.9. The van der Waals surface area contributed by atoms with Crippen molar-refractivity contribution in [1.82, 2.24) is 9.47 Å². The third kappa shape index (κ3) is 7.14. The summed E-state index contributed by atoms with van der Waals surface area (Å²) in [6, 6.07) is 9.58. The maximum Gasteiger partial charge on any atom is 0.306 e. The van der Waals surface area contributed by atoms with Gasteiger partial charge in [-0.2, -0.15) is 0 Å². The van der Waals surface area contributed by atoms with E-state index in [1.807, 2.05) is 25.2 Å². The molecule has 1 aliphatic heterocycles. The fourth-order valence-electron chi connectivity index (χ4n) is 6.05. The van der Waals surface area contributed by atoms with Crippen LogP contribution in [0.2, 0.25) is 5.02 Å². The van der Waals surface area contributed by atoms with Crippen LogP contribution in [0.5, 0.6) is 0 Å². The third-order valence-electron chi connectivity index (χ3n) is 8.35. The summed E-state index contributed by atoms with van der Waals surface area (Å²) in [5.41, 5.74) is -0.175. The minimum absolute atomic E-state index is 0.000819. The standard InChI is InChI=1S/C31H35ClFN3O7S/c1-35-17-24(23-6-2-3-7-28(23)35)29(38)34-27-16-26(33)20(15-25(27)32)14-21(37)18-44(41,42)31(36-12-4-5-13-36)43-22-10-8-19(9-11-22)30(39)40/h2-3,6-7,15-17,19,22,31H,4-5,8-14,18H2,1H3,(H,34,38)(H,39,40). The highest BCUT2D eigenvalue weighted by Gasteiger charge is 2.39. The molecule has 236 valence electrons. The molecule has 13 heteroatoms. The maximum absolute atomic E-state index is 15.1. The lowest BCUT2D eigenvalue weighted by Crippen LogP contribution is -2.46. The molecule has 1 atom stereocenters.